The van der Waals surface area contributed by atoms with Crippen LogP contribution in [0.4, 0.5) is 0 Å². The first-order valence-corrected chi connectivity index (χ1v) is 8.82. The highest BCUT2D eigenvalue weighted by molar-refractivity contribution is 5.78. The number of piperidine rings is 1. The van der Waals surface area contributed by atoms with Crippen LogP contribution in [-0.4, -0.2) is 30.4 Å². The van der Waals surface area contributed by atoms with Crippen molar-refractivity contribution in [1.29, 1.82) is 0 Å². The zero-order valence-corrected chi connectivity index (χ0v) is 14.3. The maximum atomic E-state index is 12.4. The van der Waals surface area contributed by atoms with Crippen molar-refractivity contribution in [3.8, 4) is 0 Å². The number of nitrogens with one attached hydrogen (secondary N) is 1. The second-order valence-electron chi connectivity index (χ2n) is 6.54. The highest BCUT2D eigenvalue weighted by Crippen LogP contribution is 2.24. The first-order valence-electron chi connectivity index (χ1n) is 8.82. The van der Waals surface area contributed by atoms with Gasteiger partial charge in [-0.1, -0.05) is 30.7 Å². The molecule has 128 valence electrons. The molecular formula is C20H26N2O2. The molecule has 0 saturated carbocycles. The van der Waals surface area contributed by atoms with Crippen LogP contribution in [0, 0.1) is 6.92 Å². The summed E-state index contributed by atoms with van der Waals surface area (Å²) in [6, 6.07) is 12.1. The Hall–Kier alpha value is -2.07. The molecule has 24 heavy (non-hydrogen) atoms. The van der Waals surface area contributed by atoms with Gasteiger partial charge in [0, 0.05) is 6.54 Å². The minimum Gasteiger partial charge on any atom is -0.468 e. The van der Waals surface area contributed by atoms with Gasteiger partial charge >= 0.3 is 0 Å². The van der Waals surface area contributed by atoms with Crippen LogP contribution in [0.5, 0.6) is 0 Å². The van der Waals surface area contributed by atoms with Crippen LogP contribution >= 0.6 is 0 Å². The number of carbonyl (C=O) groups excluding carboxylic acids is 1. The van der Waals surface area contributed by atoms with Crippen LogP contribution < -0.4 is 5.32 Å². The third-order valence-corrected chi connectivity index (χ3v) is 4.81. The summed E-state index contributed by atoms with van der Waals surface area (Å²) in [7, 11) is 0. The van der Waals surface area contributed by atoms with Crippen molar-refractivity contribution in [2.24, 2.45) is 0 Å². The van der Waals surface area contributed by atoms with Gasteiger partial charge < -0.3 is 9.73 Å². The molecule has 4 nitrogen and oxygen atoms in total. The third kappa shape index (κ3) is 4.26. The number of furan rings is 1. The lowest BCUT2D eigenvalue weighted by Crippen LogP contribution is -2.40. The van der Waals surface area contributed by atoms with Gasteiger partial charge in [-0.3, -0.25) is 9.69 Å². The lowest BCUT2D eigenvalue weighted by atomic mass is 10.0. The Morgan fingerprint density at radius 1 is 1.17 bits per heavy atom. The van der Waals surface area contributed by atoms with E-state index in [4.69, 9.17) is 4.42 Å². The Labute approximate surface area is 143 Å². The van der Waals surface area contributed by atoms with Crippen molar-refractivity contribution in [2.45, 2.75) is 38.6 Å². The fourth-order valence-electron chi connectivity index (χ4n) is 3.37. The molecule has 1 atom stereocenters. The average Bonchev–Trinajstić information content (AvgIpc) is 3.12. The molecule has 0 aliphatic carbocycles. The third-order valence-electron chi connectivity index (χ3n) is 4.81. The zero-order chi connectivity index (χ0) is 16.8. The van der Waals surface area contributed by atoms with E-state index in [1.807, 2.05) is 43.3 Å². The van der Waals surface area contributed by atoms with Crippen molar-refractivity contribution in [1.82, 2.24) is 10.2 Å². The fourth-order valence-corrected chi connectivity index (χ4v) is 3.37. The molecule has 3 rings (SSSR count). The van der Waals surface area contributed by atoms with Crippen molar-refractivity contribution in [3.63, 3.8) is 0 Å². The standard InChI is InChI=1S/C20H26N2O2/c1-16-8-3-4-9-17(16)14-20(23)21-15-18(19-10-7-13-24-19)22-11-5-2-6-12-22/h3-4,7-10,13,18H,2,5-6,11-12,14-15H2,1H3,(H,21,23). The first-order chi connectivity index (χ1) is 11.7. The molecule has 2 aromatic rings. The summed E-state index contributed by atoms with van der Waals surface area (Å²) >= 11 is 0. The van der Waals surface area contributed by atoms with Gasteiger partial charge in [-0.15, -0.1) is 0 Å². The van der Waals surface area contributed by atoms with E-state index in [1.54, 1.807) is 6.26 Å². The van der Waals surface area contributed by atoms with E-state index >= 15 is 0 Å². The smallest absolute Gasteiger partial charge is 0.224 e. The molecule has 1 aliphatic heterocycles. The number of benzene rings is 1. The van der Waals surface area contributed by atoms with Crippen molar-refractivity contribution in [2.75, 3.05) is 19.6 Å². The highest BCUT2D eigenvalue weighted by atomic mass is 16.3. The van der Waals surface area contributed by atoms with Gasteiger partial charge in [-0.25, -0.2) is 0 Å². The zero-order valence-electron chi connectivity index (χ0n) is 14.3. The molecule has 0 bridgehead atoms. The molecule has 1 saturated heterocycles. The number of carbonyl (C=O) groups is 1. The second kappa shape index (κ2) is 8.15. The van der Waals surface area contributed by atoms with Crippen LogP contribution in [-0.2, 0) is 11.2 Å². The Balaban J connectivity index is 1.61. The monoisotopic (exact) mass is 326 g/mol. The van der Waals surface area contributed by atoms with Crippen LogP contribution in [0.2, 0.25) is 0 Å². The molecule has 1 aromatic heterocycles. The van der Waals surface area contributed by atoms with Crippen LogP contribution in [0.3, 0.4) is 0 Å². The second-order valence-corrected chi connectivity index (χ2v) is 6.54. The topological polar surface area (TPSA) is 45.5 Å². The lowest BCUT2D eigenvalue weighted by molar-refractivity contribution is -0.120. The first kappa shape index (κ1) is 16.8. The Bertz CT molecular complexity index is 645. The van der Waals surface area contributed by atoms with Crippen molar-refractivity contribution in [3.05, 3.63) is 59.5 Å². The maximum absolute atomic E-state index is 12.4. The van der Waals surface area contributed by atoms with E-state index in [-0.39, 0.29) is 11.9 Å². The maximum Gasteiger partial charge on any atom is 0.224 e. The lowest BCUT2D eigenvalue weighted by Gasteiger charge is -2.33. The van der Waals surface area contributed by atoms with Crippen molar-refractivity contribution >= 4 is 5.91 Å². The fraction of sp³-hybridized carbons (Fsp3) is 0.450. The highest BCUT2D eigenvalue weighted by Gasteiger charge is 2.24. The van der Waals surface area contributed by atoms with Gasteiger partial charge in [-0.05, 0) is 56.1 Å². The van der Waals surface area contributed by atoms with E-state index in [2.05, 4.69) is 10.2 Å². The summed E-state index contributed by atoms with van der Waals surface area (Å²) in [5, 5.41) is 3.10. The van der Waals surface area contributed by atoms with E-state index in [0.29, 0.717) is 13.0 Å². The summed E-state index contributed by atoms with van der Waals surface area (Å²) in [5.74, 6) is 1.01. The van der Waals surface area contributed by atoms with Crippen LogP contribution in [0.25, 0.3) is 0 Å². The van der Waals surface area contributed by atoms with E-state index in [9.17, 15) is 4.79 Å². The number of aryl methyl sites for hydroxylation is 1. The predicted molar refractivity (Wildman–Crippen MR) is 94.8 cm³/mol. The van der Waals surface area contributed by atoms with Gasteiger partial charge in [-0.2, -0.15) is 0 Å². The quantitative estimate of drug-likeness (QED) is 0.884. The SMILES string of the molecule is Cc1ccccc1CC(=O)NCC(c1ccco1)N1CCCCC1. The number of nitrogens with zero attached hydrogens (tertiary/aromatic N) is 1. The van der Waals surface area contributed by atoms with E-state index in [1.165, 1.54) is 19.3 Å². The minimum atomic E-state index is 0.0675. The predicted octanol–water partition coefficient (Wildman–Crippen LogP) is 3.47. The van der Waals surface area contributed by atoms with E-state index in [0.717, 1.165) is 30.0 Å². The Morgan fingerprint density at radius 2 is 1.96 bits per heavy atom. The van der Waals surface area contributed by atoms with Gasteiger partial charge in [0.05, 0.1) is 18.7 Å². The Kier molecular flexibility index (Phi) is 5.70. The van der Waals surface area contributed by atoms with Gasteiger partial charge in [0.2, 0.25) is 5.91 Å². The summed E-state index contributed by atoms with van der Waals surface area (Å²) in [6.45, 7) is 4.78. The van der Waals surface area contributed by atoms with Gasteiger partial charge in [0.1, 0.15) is 5.76 Å². The molecule has 1 unspecified atom stereocenters. The van der Waals surface area contributed by atoms with Crippen molar-refractivity contribution < 1.29 is 9.21 Å². The molecule has 4 heteroatoms. The summed E-state index contributed by atoms with van der Waals surface area (Å²) in [6.07, 6.45) is 5.86. The van der Waals surface area contributed by atoms with E-state index < -0.39 is 0 Å². The molecule has 1 N–H and O–H groups in total. The van der Waals surface area contributed by atoms with Gasteiger partial charge in [0.15, 0.2) is 0 Å². The summed E-state index contributed by atoms with van der Waals surface area (Å²) < 4.78 is 5.63. The number of likely N-dealkylation sites (tertiary alicyclic amines) is 1. The molecule has 0 spiro atoms. The molecule has 1 aromatic carbocycles. The molecule has 1 amide bonds. The summed E-state index contributed by atoms with van der Waals surface area (Å²) in [4.78, 5) is 14.8. The number of rotatable bonds is 6. The molecule has 0 radical (unpaired) electrons. The molecular weight excluding hydrogens is 300 g/mol. The molecule has 1 aliphatic rings. The van der Waals surface area contributed by atoms with Gasteiger partial charge in [0.25, 0.3) is 0 Å². The van der Waals surface area contributed by atoms with Crippen LogP contribution in [0.15, 0.2) is 47.1 Å². The normalized spacial score (nSPS) is 16.7. The Morgan fingerprint density at radius 3 is 2.67 bits per heavy atom. The van der Waals surface area contributed by atoms with Crippen LogP contribution in [0.1, 0.15) is 42.2 Å². The number of hydrogen-bond acceptors (Lipinski definition) is 3. The number of hydrogen-bond donors (Lipinski definition) is 1. The molecule has 2 heterocycles. The molecule has 1 fully saturated rings. The summed E-state index contributed by atoms with van der Waals surface area (Å²) in [5.41, 5.74) is 2.24. The minimum absolute atomic E-state index is 0.0675. The average molecular weight is 326 g/mol. The largest absolute Gasteiger partial charge is 0.468 e. The number of amides is 1.